The first-order valence-electron chi connectivity index (χ1n) is 6.47. The molecule has 0 spiro atoms. The molecular formula is C14H21N3O. The Hall–Kier alpha value is -1.55. The number of carbonyl (C=O) groups is 1. The summed E-state index contributed by atoms with van der Waals surface area (Å²) in [7, 11) is 2.15. The summed E-state index contributed by atoms with van der Waals surface area (Å²) in [5.74, 6) is 0.711. The first kappa shape index (κ1) is 12.9. The van der Waals surface area contributed by atoms with E-state index in [1.165, 1.54) is 13.0 Å². The van der Waals surface area contributed by atoms with E-state index in [4.69, 9.17) is 5.73 Å². The highest BCUT2D eigenvalue weighted by molar-refractivity contribution is 5.94. The van der Waals surface area contributed by atoms with Crippen molar-refractivity contribution < 1.29 is 4.79 Å². The summed E-state index contributed by atoms with van der Waals surface area (Å²) in [6.45, 7) is 3.08. The standard InChI is InChI=1S/C14H21N3O/c1-17-9-7-11(10-17)6-8-16-14(18)12-2-4-13(15)5-3-12/h2-5,11H,6-10,15H2,1H3,(H,16,18). The molecule has 98 valence electrons. The summed E-state index contributed by atoms with van der Waals surface area (Å²) in [5.41, 5.74) is 6.94. The number of nitrogens with zero attached hydrogens (tertiary/aromatic N) is 1. The Balaban J connectivity index is 1.73. The number of rotatable bonds is 4. The minimum absolute atomic E-state index is 0.0126. The number of nitrogens with two attached hydrogens (primary N) is 1. The van der Waals surface area contributed by atoms with Crippen LogP contribution >= 0.6 is 0 Å². The number of nitrogen functional groups attached to an aromatic ring is 1. The molecule has 0 bridgehead atoms. The third-order valence-corrected chi connectivity index (χ3v) is 3.50. The van der Waals surface area contributed by atoms with E-state index in [0.29, 0.717) is 11.3 Å². The zero-order chi connectivity index (χ0) is 13.0. The predicted octanol–water partition coefficient (Wildman–Crippen LogP) is 1.34. The summed E-state index contributed by atoms with van der Waals surface area (Å²) in [6, 6.07) is 7.02. The first-order valence-corrected chi connectivity index (χ1v) is 6.47. The van der Waals surface area contributed by atoms with Crippen molar-refractivity contribution in [3.63, 3.8) is 0 Å². The highest BCUT2D eigenvalue weighted by Crippen LogP contribution is 2.17. The number of amides is 1. The third kappa shape index (κ3) is 3.47. The molecule has 1 unspecified atom stereocenters. The first-order chi connectivity index (χ1) is 8.65. The third-order valence-electron chi connectivity index (χ3n) is 3.50. The van der Waals surface area contributed by atoms with Gasteiger partial charge in [0, 0.05) is 24.3 Å². The van der Waals surface area contributed by atoms with Crippen LogP contribution < -0.4 is 11.1 Å². The molecular weight excluding hydrogens is 226 g/mol. The summed E-state index contributed by atoms with van der Waals surface area (Å²) in [6.07, 6.45) is 2.30. The zero-order valence-electron chi connectivity index (χ0n) is 10.9. The van der Waals surface area contributed by atoms with Crippen molar-refractivity contribution >= 4 is 11.6 Å². The SMILES string of the molecule is CN1CCC(CCNC(=O)c2ccc(N)cc2)C1. The second-order valence-corrected chi connectivity index (χ2v) is 5.08. The molecule has 1 amide bonds. The van der Waals surface area contributed by atoms with Crippen molar-refractivity contribution in [1.29, 1.82) is 0 Å². The van der Waals surface area contributed by atoms with Gasteiger partial charge in [-0.1, -0.05) is 0 Å². The molecule has 2 rings (SSSR count). The minimum Gasteiger partial charge on any atom is -0.399 e. The van der Waals surface area contributed by atoms with Gasteiger partial charge in [0.2, 0.25) is 0 Å². The van der Waals surface area contributed by atoms with Crippen LogP contribution in [0, 0.1) is 5.92 Å². The van der Waals surface area contributed by atoms with Gasteiger partial charge in [-0.3, -0.25) is 4.79 Å². The summed E-state index contributed by atoms with van der Waals surface area (Å²) in [4.78, 5) is 14.2. The van der Waals surface area contributed by atoms with E-state index in [1.54, 1.807) is 24.3 Å². The molecule has 1 saturated heterocycles. The van der Waals surface area contributed by atoms with E-state index in [0.717, 1.165) is 25.4 Å². The fourth-order valence-corrected chi connectivity index (χ4v) is 2.39. The van der Waals surface area contributed by atoms with E-state index in [1.807, 2.05) is 0 Å². The van der Waals surface area contributed by atoms with E-state index >= 15 is 0 Å². The molecule has 1 aliphatic rings. The molecule has 0 radical (unpaired) electrons. The lowest BCUT2D eigenvalue weighted by Gasteiger charge is -2.11. The number of hydrogen-bond acceptors (Lipinski definition) is 3. The molecule has 4 nitrogen and oxygen atoms in total. The maximum absolute atomic E-state index is 11.8. The van der Waals surface area contributed by atoms with Crippen molar-refractivity contribution in [2.75, 3.05) is 32.4 Å². The molecule has 0 saturated carbocycles. The molecule has 4 heteroatoms. The second kappa shape index (κ2) is 5.87. The van der Waals surface area contributed by atoms with E-state index < -0.39 is 0 Å². The zero-order valence-corrected chi connectivity index (χ0v) is 10.9. The van der Waals surface area contributed by atoms with Crippen LogP contribution in [-0.2, 0) is 0 Å². The van der Waals surface area contributed by atoms with Crippen LogP contribution in [-0.4, -0.2) is 37.5 Å². The second-order valence-electron chi connectivity index (χ2n) is 5.08. The van der Waals surface area contributed by atoms with Crippen molar-refractivity contribution in [3.05, 3.63) is 29.8 Å². The Morgan fingerprint density at radius 3 is 2.78 bits per heavy atom. The van der Waals surface area contributed by atoms with Gasteiger partial charge >= 0.3 is 0 Å². The lowest BCUT2D eigenvalue weighted by Crippen LogP contribution is -2.26. The number of nitrogens with one attached hydrogen (secondary N) is 1. The number of carbonyl (C=O) groups excluding carboxylic acids is 1. The molecule has 1 fully saturated rings. The minimum atomic E-state index is -0.0126. The van der Waals surface area contributed by atoms with Gasteiger partial charge in [-0.2, -0.15) is 0 Å². The largest absolute Gasteiger partial charge is 0.399 e. The van der Waals surface area contributed by atoms with E-state index in [-0.39, 0.29) is 5.91 Å². The van der Waals surface area contributed by atoms with Crippen LogP contribution in [0.25, 0.3) is 0 Å². The smallest absolute Gasteiger partial charge is 0.251 e. The van der Waals surface area contributed by atoms with Crippen molar-refractivity contribution in [2.45, 2.75) is 12.8 Å². The Kier molecular flexibility index (Phi) is 4.20. The molecule has 1 atom stereocenters. The highest BCUT2D eigenvalue weighted by atomic mass is 16.1. The maximum Gasteiger partial charge on any atom is 0.251 e. The molecule has 3 N–H and O–H groups in total. The van der Waals surface area contributed by atoms with Crippen LogP contribution in [0.15, 0.2) is 24.3 Å². The summed E-state index contributed by atoms with van der Waals surface area (Å²) in [5, 5.41) is 2.96. The van der Waals surface area contributed by atoms with E-state index in [2.05, 4.69) is 17.3 Å². The molecule has 1 aromatic rings. The average Bonchev–Trinajstić information content (AvgIpc) is 2.76. The Bertz CT molecular complexity index is 402. The van der Waals surface area contributed by atoms with Gasteiger partial charge in [-0.15, -0.1) is 0 Å². The molecule has 0 aromatic heterocycles. The fourth-order valence-electron chi connectivity index (χ4n) is 2.39. The topological polar surface area (TPSA) is 58.4 Å². The monoisotopic (exact) mass is 247 g/mol. The van der Waals surface area contributed by atoms with Crippen LogP contribution in [0.1, 0.15) is 23.2 Å². The normalized spacial score (nSPS) is 19.9. The fraction of sp³-hybridized carbons (Fsp3) is 0.500. The van der Waals surface area contributed by atoms with Gasteiger partial charge < -0.3 is 16.0 Å². The number of anilines is 1. The van der Waals surface area contributed by atoms with Crippen molar-refractivity contribution in [3.8, 4) is 0 Å². The van der Waals surface area contributed by atoms with Crippen LogP contribution in [0.4, 0.5) is 5.69 Å². The van der Waals surface area contributed by atoms with Gasteiger partial charge in [0.05, 0.1) is 0 Å². The molecule has 0 aliphatic carbocycles. The predicted molar refractivity (Wildman–Crippen MR) is 73.4 cm³/mol. The average molecular weight is 247 g/mol. The molecule has 1 heterocycles. The van der Waals surface area contributed by atoms with Crippen LogP contribution in [0.2, 0.25) is 0 Å². The van der Waals surface area contributed by atoms with Crippen LogP contribution in [0.5, 0.6) is 0 Å². The summed E-state index contributed by atoms with van der Waals surface area (Å²) >= 11 is 0. The van der Waals surface area contributed by atoms with Gasteiger partial charge in [-0.25, -0.2) is 0 Å². The van der Waals surface area contributed by atoms with E-state index in [9.17, 15) is 4.79 Å². The highest BCUT2D eigenvalue weighted by Gasteiger charge is 2.18. The molecule has 1 aromatic carbocycles. The Morgan fingerprint density at radius 1 is 1.44 bits per heavy atom. The van der Waals surface area contributed by atoms with Crippen molar-refractivity contribution in [2.24, 2.45) is 5.92 Å². The lowest BCUT2D eigenvalue weighted by molar-refractivity contribution is 0.0951. The van der Waals surface area contributed by atoms with Gasteiger partial charge in [-0.05, 0) is 56.6 Å². The Morgan fingerprint density at radius 2 is 2.17 bits per heavy atom. The lowest BCUT2D eigenvalue weighted by atomic mass is 10.1. The molecule has 18 heavy (non-hydrogen) atoms. The maximum atomic E-state index is 11.8. The Labute approximate surface area is 108 Å². The summed E-state index contributed by atoms with van der Waals surface area (Å²) < 4.78 is 0. The quantitative estimate of drug-likeness (QED) is 0.789. The number of hydrogen-bond donors (Lipinski definition) is 2. The number of likely N-dealkylation sites (tertiary alicyclic amines) is 1. The van der Waals surface area contributed by atoms with Gasteiger partial charge in [0.1, 0.15) is 0 Å². The van der Waals surface area contributed by atoms with Gasteiger partial charge in [0.15, 0.2) is 0 Å². The van der Waals surface area contributed by atoms with Crippen molar-refractivity contribution in [1.82, 2.24) is 10.2 Å². The van der Waals surface area contributed by atoms with Crippen LogP contribution in [0.3, 0.4) is 0 Å². The molecule has 1 aliphatic heterocycles. The number of benzene rings is 1. The van der Waals surface area contributed by atoms with Gasteiger partial charge in [0.25, 0.3) is 5.91 Å².